The molecule has 1 aromatic rings. The number of thiazole rings is 1. The van der Waals surface area contributed by atoms with E-state index >= 15 is 0 Å². The van der Waals surface area contributed by atoms with Crippen LogP contribution in [0.3, 0.4) is 0 Å². The van der Waals surface area contributed by atoms with Gasteiger partial charge in [0.15, 0.2) is 5.96 Å². The van der Waals surface area contributed by atoms with Crippen LogP contribution in [0.15, 0.2) is 10.4 Å². The topological polar surface area (TPSA) is 58.5 Å². The number of rotatable bonds is 10. The Kier molecular flexibility index (Phi) is 13.7. The van der Waals surface area contributed by atoms with Crippen LogP contribution in [0, 0.1) is 5.92 Å². The van der Waals surface area contributed by atoms with E-state index < -0.39 is 0 Å². The summed E-state index contributed by atoms with van der Waals surface area (Å²) in [6.07, 6.45) is 3.04. The van der Waals surface area contributed by atoms with Gasteiger partial charge in [-0.2, -0.15) is 0 Å². The average Bonchev–Trinajstić information content (AvgIpc) is 2.96. The fourth-order valence-electron chi connectivity index (χ4n) is 1.82. The Balaban J connectivity index is 0.00000484. The lowest BCUT2D eigenvalue weighted by Gasteiger charge is -2.12. The first-order valence-corrected chi connectivity index (χ1v) is 8.99. The van der Waals surface area contributed by atoms with Crippen LogP contribution in [0.1, 0.15) is 37.9 Å². The molecule has 0 spiro atoms. The smallest absolute Gasteiger partial charge is 0.191 e. The Hall–Kier alpha value is -0.410. The molecule has 134 valence electrons. The second-order valence-corrected chi connectivity index (χ2v) is 6.50. The van der Waals surface area contributed by atoms with Crippen LogP contribution in [0.5, 0.6) is 0 Å². The Bertz CT molecular complexity index is 437. The summed E-state index contributed by atoms with van der Waals surface area (Å²) in [5.41, 5.74) is 1.15. The molecular formula is C16H31IN4OS. The number of ether oxygens (including phenoxy) is 1. The molecule has 0 amide bonds. The van der Waals surface area contributed by atoms with Crippen molar-refractivity contribution in [1.29, 1.82) is 0 Å². The number of aliphatic imine (C=N–C) groups is 1. The van der Waals surface area contributed by atoms with Gasteiger partial charge in [0.25, 0.3) is 0 Å². The molecule has 0 aliphatic carbocycles. The minimum Gasteiger partial charge on any atom is -0.380 e. The maximum absolute atomic E-state index is 5.57. The van der Waals surface area contributed by atoms with Crippen LogP contribution in [0.2, 0.25) is 0 Å². The summed E-state index contributed by atoms with van der Waals surface area (Å²) in [6, 6.07) is 0. The normalized spacial score (nSPS) is 11.4. The Labute approximate surface area is 161 Å². The Morgan fingerprint density at radius 3 is 2.65 bits per heavy atom. The highest BCUT2D eigenvalue weighted by molar-refractivity contribution is 14.0. The van der Waals surface area contributed by atoms with Gasteiger partial charge < -0.3 is 15.4 Å². The molecule has 5 nitrogen and oxygen atoms in total. The van der Waals surface area contributed by atoms with Crippen molar-refractivity contribution in [2.45, 2.75) is 40.0 Å². The Morgan fingerprint density at radius 2 is 2.04 bits per heavy atom. The highest BCUT2D eigenvalue weighted by Crippen LogP contribution is 2.10. The first-order valence-electron chi connectivity index (χ1n) is 8.11. The van der Waals surface area contributed by atoms with Crippen molar-refractivity contribution in [3.8, 4) is 0 Å². The number of nitrogens with one attached hydrogen (secondary N) is 2. The molecule has 0 aliphatic heterocycles. The third-order valence-electron chi connectivity index (χ3n) is 3.18. The highest BCUT2D eigenvalue weighted by atomic mass is 127. The summed E-state index contributed by atoms with van der Waals surface area (Å²) in [6.45, 7) is 9.69. The van der Waals surface area contributed by atoms with Crippen molar-refractivity contribution in [2.75, 3.05) is 33.4 Å². The number of guanidine groups is 1. The fourth-order valence-corrected chi connectivity index (χ4v) is 2.60. The molecule has 0 bridgehead atoms. The van der Waals surface area contributed by atoms with Crippen molar-refractivity contribution in [3.05, 3.63) is 16.1 Å². The van der Waals surface area contributed by atoms with Crippen LogP contribution in [-0.4, -0.2) is 44.3 Å². The summed E-state index contributed by atoms with van der Waals surface area (Å²) >= 11 is 1.74. The van der Waals surface area contributed by atoms with Gasteiger partial charge in [-0.05, 0) is 18.8 Å². The van der Waals surface area contributed by atoms with Gasteiger partial charge >= 0.3 is 0 Å². The first kappa shape index (κ1) is 22.6. The molecule has 0 atom stereocenters. The zero-order chi connectivity index (χ0) is 16.2. The molecule has 0 radical (unpaired) electrons. The molecule has 1 heterocycles. The van der Waals surface area contributed by atoms with E-state index in [2.05, 4.69) is 46.8 Å². The van der Waals surface area contributed by atoms with Gasteiger partial charge in [-0.3, -0.25) is 4.99 Å². The summed E-state index contributed by atoms with van der Waals surface area (Å²) in [7, 11) is 1.78. The van der Waals surface area contributed by atoms with Crippen molar-refractivity contribution >= 4 is 41.3 Å². The third kappa shape index (κ3) is 10.9. The molecule has 2 N–H and O–H groups in total. The van der Waals surface area contributed by atoms with Crippen LogP contribution in [-0.2, 0) is 17.6 Å². The van der Waals surface area contributed by atoms with E-state index in [-0.39, 0.29) is 24.0 Å². The van der Waals surface area contributed by atoms with E-state index in [4.69, 9.17) is 4.74 Å². The van der Waals surface area contributed by atoms with Gasteiger partial charge in [0.2, 0.25) is 0 Å². The molecule has 1 aromatic heterocycles. The lowest BCUT2D eigenvalue weighted by molar-refractivity contribution is 0.128. The maximum atomic E-state index is 5.57. The quantitative estimate of drug-likeness (QED) is 0.247. The van der Waals surface area contributed by atoms with Gasteiger partial charge in [-0.25, -0.2) is 4.98 Å². The number of nitrogens with zero attached hydrogens (tertiary/aromatic N) is 2. The van der Waals surface area contributed by atoms with Gasteiger partial charge in [0, 0.05) is 38.5 Å². The zero-order valence-electron chi connectivity index (χ0n) is 14.7. The van der Waals surface area contributed by atoms with Crippen LogP contribution >= 0.6 is 35.3 Å². The highest BCUT2D eigenvalue weighted by Gasteiger charge is 2.01. The Morgan fingerprint density at radius 1 is 1.30 bits per heavy atom. The van der Waals surface area contributed by atoms with E-state index in [0.717, 1.165) is 50.6 Å². The standard InChI is InChI=1S/C16H30N4OS.HI/c1-5-15-20-14(12-22-15)6-8-18-16(17-4)19-9-11-21-10-7-13(2)3;/h12-13H,5-11H2,1-4H3,(H2,17,18,19);1H. The molecule has 0 unspecified atom stereocenters. The molecule has 7 heteroatoms. The van der Waals surface area contributed by atoms with E-state index in [0.29, 0.717) is 12.5 Å². The zero-order valence-corrected chi connectivity index (χ0v) is 17.9. The number of hydrogen-bond acceptors (Lipinski definition) is 4. The van der Waals surface area contributed by atoms with Gasteiger partial charge in [-0.15, -0.1) is 35.3 Å². The second-order valence-electron chi connectivity index (χ2n) is 5.56. The summed E-state index contributed by atoms with van der Waals surface area (Å²) in [5.74, 6) is 1.51. The summed E-state index contributed by atoms with van der Waals surface area (Å²) in [4.78, 5) is 8.77. The molecule has 0 aliphatic rings. The van der Waals surface area contributed by atoms with Gasteiger partial charge in [0.1, 0.15) is 0 Å². The molecule has 0 aromatic carbocycles. The van der Waals surface area contributed by atoms with E-state index in [9.17, 15) is 0 Å². The largest absolute Gasteiger partial charge is 0.380 e. The maximum Gasteiger partial charge on any atom is 0.191 e. The third-order valence-corrected chi connectivity index (χ3v) is 4.22. The average molecular weight is 454 g/mol. The molecule has 23 heavy (non-hydrogen) atoms. The minimum atomic E-state index is 0. The summed E-state index contributed by atoms with van der Waals surface area (Å²) in [5, 5.41) is 9.90. The van der Waals surface area contributed by atoms with Gasteiger partial charge in [-0.1, -0.05) is 20.8 Å². The van der Waals surface area contributed by atoms with Crippen LogP contribution in [0.4, 0.5) is 0 Å². The fraction of sp³-hybridized carbons (Fsp3) is 0.750. The molecule has 0 fully saturated rings. The SMILES string of the molecule is CCc1nc(CCNC(=NC)NCCOCCC(C)C)cs1.I. The lowest BCUT2D eigenvalue weighted by atomic mass is 10.1. The molecule has 1 rings (SSSR count). The molecule has 0 saturated carbocycles. The predicted octanol–water partition coefficient (Wildman–Crippen LogP) is 3.09. The number of hydrogen-bond donors (Lipinski definition) is 2. The lowest BCUT2D eigenvalue weighted by Crippen LogP contribution is -2.39. The van der Waals surface area contributed by atoms with Crippen LogP contribution in [0.25, 0.3) is 0 Å². The minimum absolute atomic E-state index is 0. The predicted molar refractivity (Wildman–Crippen MR) is 110 cm³/mol. The summed E-state index contributed by atoms with van der Waals surface area (Å²) < 4.78 is 5.57. The van der Waals surface area contributed by atoms with E-state index in [1.165, 1.54) is 5.01 Å². The van der Waals surface area contributed by atoms with Crippen molar-refractivity contribution in [3.63, 3.8) is 0 Å². The van der Waals surface area contributed by atoms with Crippen LogP contribution < -0.4 is 10.6 Å². The number of aryl methyl sites for hydroxylation is 1. The second kappa shape index (κ2) is 14.0. The monoisotopic (exact) mass is 454 g/mol. The number of aromatic nitrogens is 1. The van der Waals surface area contributed by atoms with Crippen molar-refractivity contribution < 1.29 is 4.74 Å². The molecule has 0 saturated heterocycles. The van der Waals surface area contributed by atoms with E-state index in [1.54, 1.807) is 18.4 Å². The van der Waals surface area contributed by atoms with Crippen molar-refractivity contribution in [2.24, 2.45) is 10.9 Å². The molecular weight excluding hydrogens is 423 g/mol. The first-order chi connectivity index (χ1) is 10.7. The van der Waals surface area contributed by atoms with E-state index in [1.807, 2.05) is 0 Å². The number of halogens is 1. The van der Waals surface area contributed by atoms with Gasteiger partial charge in [0.05, 0.1) is 17.3 Å². The van der Waals surface area contributed by atoms with Crippen molar-refractivity contribution in [1.82, 2.24) is 15.6 Å².